The van der Waals surface area contributed by atoms with Gasteiger partial charge in [0.2, 0.25) is 5.88 Å². The van der Waals surface area contributed by atoms with E-state index in [1.165, 1.54) is 0 Å². The summed E-state index contributed by atoms with van der Waals surface area (Å²) >= 11 is 0. The average molecular weight is 400 g/mol. The molecular weight excluding hydrogens is 376 g/mol. The fraction of sp³-hybridized carbons (Fsp3) is 0.240. The summed E-state index contributed by atoms with van der Waals surface area (Å²) in [7, 11) is 0. The Kier molecular flexibility index (Phi) is 5.89. The van der Waals surface area contributed by atoms with Crippen LogP contribution < -0.4 is 10.1 Å². The molecule has 1 saturated carbocycles. The number of aromatic nitrogens is 1. The standard InChI is InChI=1S/C25H24N2O3/c28-23(19-10-4-1-5-11-19)27-25(16-8-3-9-17-25)21-14-15-22(26-18-21)30-24(29)20-12-6-2-7-13-20/h1-2,4-7,10-15,18H,3,8-9,16-17H2,(H,27,28). The van der Waals surface area contributed by atoms with Crippen LogP contribution >= 0.6 is 0 Å². The first kappa shape index (κ1) is 19.8. The predicted octanol–water partition coefficient (Wildman–Crippen LogP) is 4.89. The molecular formula is C25H24N2O3. The lowest BCUT2D eigenvalue weighted by molar-refractivity contribution is 0.0727. The molecule has 1 amide bonds. The maximum Gasteiger partial charge on any atom is 0.344 e. The molecule has 2 aromatic carbocycles. The lowest BCUT2D eigenvalue weighted by Crippen LogP contribution is -2.47. The van der Waals surface area contributed by atoms with Gasteiger partial charge in [0.15, 0.2) is 0 Å². The number of carbonyl (C=O) groups is 2. The van der Waals surface area contributed by atoms with Crippen molar-refractivity contribution in [2.24, 2.45) is 0 Å². The minimum absolute atomic E-state index is 0.0860. The summed E-state index contributed by atoms with van der Waals surface area (Å²) in [4.78, 5) is 29.5. The van der Waals surface area contributed by atoms with Gasteiger partial charge in [-0.1, -0.05) is 55.7 Å². The summed E-state index contributed by atoms with van der Waals surface area (Å²) < 4.78 is 5.39. The molecule has 30 heavy (non-hydrogen) atoms. The van der Waals surface area contributed by atoms with Crippen LogP contribution in [0.25, 0.3) is 0 Å². The fourth-order valence-corrected chi connectivity index (χ4v) is 3.97. The van der Waals surface area contributed by atoms with E-state index in [2.05, 4.69) is 10.3 Å². The van der Waals surface area contributed by atoms with Crippen LogP contribution in [0.5, 0.6) is 5.88 Å². The largest absolute Gasteiger partial charge is 0.404 e. The van der Waals surface area contributed by atoms with Gasteiger partial charge in [-0.3, -0.25) is 4.79 Å². The average Bonchev–Trinajstić information content (AvgIpc) is 2.81. The zero-order valence-electron chi connectivity index (χ0n) is 16.7. The van der Waals surface area contributed by atoms with E-state index in [0.717, 1.165) is 37.7 Å². The Labute approximate surface area is 176 Å². The smallest absolute Gasteiger partial charge is 0.344 e. The number of esters is 1. The molecule has 0 atom stereocenters. The quantitative estimate of drug-likeness (QED) is 0.619. The van der Waals surface area contributed by atoms with Gasteiger partial charge in [0.05, 0.1) is 11.1 Å². The van der Waals surface area contributed by atoms with E-state index < -0.39 is 11.5 Å². The van der Waals surface area contributed by atoms with Crippen LogP contribution in [-0.4, -0.2) is 16.9 Å². The second-order valence-corrected chi connectivity index (χ2v) is 7.60. The van der Waals surface area contributed by atoms with Gasteiger partial charge in [0.1, 0.15) is 0 Å². The number of amides is 1. The second kappa shape index (κ2) is 8.91. The molecule has 3 aromatic rings. The van der Waals surface area contributed by atoms with E-state index in [1.807, 2.05) is 42.5 Å². The van der Waals surface area contributed by atoms with Gasteiger partial charge in [-0.2, -0.15) is 0 Å². The maximum atomic E-state index is 12.9. The summed E-state index contributed by atoms with van der Waals surface area (Å²) in [6.45, 7) is 0. The third-order valence-corrected chi connectivity index (χ3v) is 5.59. The Balaban J connectivity index is 1.53. The van der Waals surface area contributed by atoms with E-state index in [4.69, 9.17) is 4.74 Å². The summed E-state index contributed by atoms with van der Waals surface area (Å²) in [6.07, 6.45) is 6.67. The van der Waals surface area contributed by atoms with E-state index in [0.29, 0.717) is 11.1 Å². The molecule has 1 aliphatic carbocycles. The molecule has 1 heterocycles. The van der Waals surface area contributed by atoms with Gasteiger partial charge in [-0.25, -0.2) is 9.78 Å². The van der Waals surface area contributed by atoms with E-state index in [-0.39, 0.29) is 11.8 Å². The van der Waals surface area contributed by atoms with E-state index >= 15 is 0 Å². The van der Waals surface area contributed by atoms with Crippen molar-refractivity contribution in [2.45, 2.75) is 37.6 Å². The first-order chi connectivity index (χ1) is 14.7. The number of pyridine rings is 1. The van der Waals surface area contributed by atoms with Crippen molar-refractivity contribution in [1.29, 1.82) is 0 Å². The zero-order valence-corrected chi connectivity index (χ0v) is 16.7. The molecule has 1 N–H and O–H groups in total. The highest BCUT2D eigenvalue weighted by Crippen LogP contribution is 2.37. The summed E-state index contributed by atoms with van der Waals surface area (Å²) in [5.74, 6) is -0.286. The van der Waals surface area contributed by atoms with Gasteiger partial charge in [0.25, 0.3) is 5.91 Å². The van der Waals surface area contributed by atoms with Gasteiger partial charge in [0, 0.05) is 17.8 Å². The SMILES string of the molecule is O=C(NC1(c2ccc(OC(=O)c3ccccc3)nc2)CCCCC1)c1ccccc1. The highest BCUT2D eigenvalue weighted by molar-refractivity contribution is 5.94. The van der Waals surface area contributed by atoms with Crippen molar-refractivity contribution in [3.63, 3.8) is 0 Å². The van der Waals surface area contributed by atoms with E-state index in [9.17, 15) is 9.59 Å². The fourth-order valence-electron chi connectivity index (χ4n) is 3.97. The van der Waals surface area contributed by atoms with Crippen LogP contribution in [0.4, 0.5) is 0 Å². The third-order valence-electron chi connectivity index (χ3n) is 5.59. The van der Waals surface area contributed by atoms with Crippen LogP contribution in [0.2, 0.25) is 0 Å². The van der Waals surface area contributed by atoms with Crippen LogP contribution in [-0.2, 0) is 5.54 Å². The number of benzene rings is 2. The minimum atomic E-state index is -0.458. The van der Waals surface area contributed by atoms with Gasteiger partial charge >= 0.3 is 5.97 Å². The Morgan fingerprint density at radius 3 is 2.03 bits per heavy atom. The highest BCUT2D eigenvalue weighted by Gasteiger charge is 2.36. The van der Waals surface area contributed by atoms with Crippen molar-refractivity contribution >= 4 is 11.9 Å². The molecule has 0 unspecified atom stereocenters. The Hall–Kier alpha value is -3.47. The molecule has 0 bridgehead atoms. The van der Waals surface area contributed by atoms with Gasteiger partial charge in [-0.15, -0.1) is 0 Å². The Morgan fingerprint density at radius 1 is 0.800 bits per heavy atom. The second-order valence-electron chi connectivity index (χ2n) is 7.60. The molecule has 5 heteroatoms. The monoisotopic (exact) mass is 400 g/mol. The van der Waals surface area contributed by atoms with Crippen molar-refractivity contribution < 1.29 is 14.3 Å². The first-order valence-corrected chi connectivity index (χ1v) is 10.3. The van der Waals surface area contributed by atoms with Crippen LogP contribution in [0.3, 0.4) is 0 Å². The first-order valence-electron chi connectivity index (χ1n) is 10.3. The summed E-state index contributed by atoms with van der Waals surface area (Å²) in [5.41, 5.74) is 1.59. The van der Waals surface area contributed by atoms with Crippen LogP contribution in [0.15, 0.2) is 79.0 Å². The van der Waals surface area contributed by atoms with Crippen molar-refractivity contribution in [3.8, 4) is 5.88 Å². The minimum Gasteiger partial charge on any atom is -0.404 e. The Morgan fingerprint density at radius 2 is 1.43 bits per heavy atom. The number of rotatable bonds is 5. The third kappa shape index (κ3) is 4.40. The molecule has 1 fully saturated rings. The van der Waals surface area contributed by atoms with Crippen molar-refractivity contribution in [1.82, 2.24) is 10.3 Å². The lowest BCUT2D eigenvalue weighted by Gasteiger charge is -2.38. The number of ether oxygens (including phenoxy) is 1. The number of nitrogens with one attached hydrogen (secondary N) is 1. The molecule has 1 aliphatic rings. The lowest BCUT2D eigenvalue weighted by atomic mass is 9.77. The highest BCUT2D eigenvalue weighted by atomic mass is 16.5. The molecule has 152 valence electrons. The summed E-state index contributed by atoms with van der Waals surface area (Å²) in [5, 5.41) is 3.26. The zero-order chi connectivity index (χ0) is 20.8. The molecule has 0 saturated heterocycles. The maximum absolute atomic E-state index is 12.9. The number of carbonyl (C=O) groups excluding carboxylic acids is 2. The number of nitrogens with zero attached hydrogens (tertiary/aromatic N) is 1. The van der Waals surface area contributed by atoms with Gasteiger partial charge < -0.3 is 10.1 Å². The number of hydrogen-bond acceptors (Lipinski definition) is 4. The van der Waals surface area contributed by atoms with Crippen molar-refractivity contribution in [2.75, 3.05) is 0 Å². The predicted molar refractivity (Wildman–Crippen MR) is 114 cm³/mol. The normalized spacial score (nSPS) is 15.2. The van der Waals surface area contributed by atoms with E-state index in [1.54, 1.807) is 36.5 Å². The molecule has 1 aromatic heterocycles. The molecule has 0 spiro atoms. The molecule has 0 radical (unpaired) electrons. The Bertz CT molecular complexity index is 996. The summed E-state index contributed by atoms with van der Waals surface area (Å²) in [6, 6.07) is 21.7. The van der Waals surface area contributed by atoms with Gasteiger partial charge in [-0.05, 0) is 48.7 Å². The molecule has 0 aliphatic heterocycles. The molecule has 5 nitrogen and oxygen atoms in total. The molecule has 4 rings (SSSR count). The number of hydrogen-bond donors (Lipinski definition) is 1. The van der Waals surface area contributed by atoms with Crippen LogP contribution in [0, 0.1) is 0 Å². The topological polar surface area (TPSA) is 68.3 Å². The van der Waals surface area contributed by atoms with Crippen LogP contribution in [0.1, 0.15) is 58.4 Å². The van der Waals surface area contributed by atoms with Crippen molar-refractivity contribution in [3.05, 3.63) is 95.7 Å².